The molecule has 20 heavy (non-hydrogen) atoms. The Balaban J connectivity index is 2.21. The molecule has 0 aliphatic carbocycles. The quantitative estimate of drug-likeness (QED) is 0.868. The van der Waals surface area contributed by atoms with Crippen LogP contribution in [-0.4, -0.2) is 11.7 Å². The smallest absolute Gasteiger partial charge is 0.175 e. The zero-order chi connectivity index (χ0) is 14.4. The molecule has 0 atom stereocenters. The third-order valence-electron chi connectivity index (χ3n) is 2.78. The molecular weight excluding hydrogens is 320 g/mol. The van der Waals surface area contributed by atoms with Crippen LogP contribution in [-0.2, 0) is 13.2 Å². The van der Waals surface area contributed by atoms with E-state index in [9.17, 15) is 5.11 Å². The summed E-state index contributed by atoms with van der Waals surface area (Å²) in [5.41, 5.74) is 1.88. The predicted molar refractivity (Wildman–Crippen MR) is 82.0 cm³/mol. The molecule has 2 rings (SSSR count). The predicted octanol–water partition coefficient (Wildman–Crippen LogP) is 3.92. The molecule has 4 heteroatoms. The normalized spacial score (nSPS) is 10.3. The van der Waals surface area contributed by atoms with Gasteiger partial charge < -0.3 is 14.6 Å². The van der Waals surface area contributed by atoms with E-state index < -0.39 is 0 Å². The Labute approximate surface area is 127 Å². The number of hydrogen-bond donors (Lipinski definition) is 1. The van der Waals surface area contributed by atoms with Crippen LogP contribution < -0.4 is 9.47 Å². The molecule has 0 heterocycles. The molecule has 0 bridgehead atoms. The van der Waals surface area contributed by atoms with Crippen molar-refractivity contribution >= 4 is 15.9 Å². The summed E-state index contributed by atoms with van der Waals surface area (Å²) in [6.07, 6.45) is 0. The first-order chi connectivity index (χ1) is 9.74. The van der Waals surface area contributed by atoms with Gasteiger partial charge in [0.25, 0.3) is 0 Å². The Kier molecular flexibility index (Phi) is 5.44. The van der Waals surface area contributed by atoms with Gasteiger partial charge in [-0.05, 0) is 46.1 Å². The van der Waals surface area contributed by atoms with Crippen molar-refractivity contribution in [3.8, 4) is 11.5 Å². The third-order valence-corrected chi connectivity index (χ3v) is 3.37. The van der Waals surface area contributed by atoms with Crippen molar-refractivity contribution in [1.82, 2.24) is 0 Å². The van der Waals surface area contributed by atoms with Crippen LogP contribution in [0.3, 0.4) is 0 Å². The highest BCUT2D eigenvalue weighted by atomic mass is 79.9. The lowest BCUT2D eigenvalue weighted by molar-refractivity contribution is 0.262. The molecule has 0 aliphatic heterocycles. The standard InChI is InChI=1S/C16H17BrO3/c1-2-19-15-9-13(10-18)8-14(17)16(15)20-11-12-6-4-3-5-7-12/h3-9,18H,2,10-11H2,1H3. The fourth-order valence-electron chi connectivity index (χ4n) is 1.85. The summed E-state index contributed by atoms with van der Waals surface area (Å²) in [5, 5.41) is 9.24. The SMILES string of the molecule is CCOc1cc(CO)cc(Br)c1OCc1ccccc1. The summed E-state index contributed by atoms with van der Waals surface area (Å²) in [4.78, 5) is 0. The number of rotatable bonds is 6. The number of hydrogen-bond acceptors (Lipinski definition) is 3. The fraction of sp³-hybridized carbons (Fsp3) is 0.250. The van der Waals surface area contributed by atoms with Crippen LogP contribution in [0.15, 0.2) is 46.9 Å². The van der Waals surface area contributed by atoms with Gasteiger partial charge in [0.05, 0.1) is 17.7 Å². The van der Waals surface area contributed by atoms with E-state index in [1.54, 1.807) is 6.07 Å². The van der Waals surface area contributed by atoms with Gasteiger partial charge in [0.1, 0.15) is 6.61 Å². The monoisotopic (exact) mass is 336 g/mol. The molecule has 0 aromatic heterocycles. The first-order valence-electron chi connectivity index (χ1n) is 6.47. The summed E-state index contributed by atoms with van der Waals surface area (Å²) in [6, 6.07) is 13.6. The molecule has 0 amide bonds. The highest BCUT2D eigenvalue weighted by molar-refractivity contribution is 9.10. The number of halogens is 1. The molecule has 3 nitrogen and oxygen atoms in total. The van der Waals surface area contributed by atoms with Crippen LogP contribution in [0.2, 0.25) is 0 Å². The lowest BCUT2D eigenvalue weighted by atomic mass is 10.2. The van der Waals surface area contributed by atoms with Crippen molar-refractivity contribution in [2.45, 2.75) is 20.1 Å². The van der Waals surface area contributed by atoms with Gasteiger partial charge in [0.15, 0.2) is 11.5 Å². The van der Waals surface area contributed by atoms with E-state index in [-0.39, 0.29) is 6.61 Å². The summed E-state index contributed by atoms with van der Waals surface area (Å²) in [7, 11) is 0. The van der Waals surface area contributed by atoms with E-state index in [2.05, 4.69) is 15.9 Å². The van der Waals surface area contributed by atoms with Gasteiger partial charge in [-0.1, -0.05) is 30.3 Å². The molecule has 106 valence electrons. The largest absolute Gasteiger partial charge is 0.490 e. The van der Waals surface area contributed by atoms with E-state index in [1.807, 2.05) is 43.3 Å². The van der Waals surface area contributed by atoms with Crippen LogP contribution in [0.4, 0.5) is 0 Å². The number of ether oxygens (including phenoxy) is 2. The summed E-state index contributed by atoms with van der Waals surface area (Å²) < 4.78 is 12.2. The van der Waals surface area contributed by atoms with Crippen LogP contribution in [0.5, 0.6) is 11.5 Å². The minimum atomic E-state index is -0.0301. The van der Waals surface area contributed by atoms with Crippen molar-refractivity contribution in [2.75, 3.05) is 6.61 Å². The van der Waals surface area contributed by atoms with Crippen LogP contribution >= 0.6 is 15.9 Å². The van der Waals surface area contributed by atoms with Gasteiger partial charge in [-0.2, -0.15) is 0 Å². The van der Waals surface area contributed by atoms with E-state index in [0.29, 0.717) is 24.7 Å². The second kappa shape index (κ2) is 7.31. The van der Waals surface area contributed by atoms with Crippen molar-refractivity contribution in [1.29, 1.82) is 0 Å². The Hall–Kier alpha value is -1.52. The lowest BCUT2D eigenvalue weighted by Gasteiger charge is -2.15. The van der Waals surface area contributed by atoms with Crippen molar-refractivity contribution in [2.24, 2.45) is 0 Å². The average molecular weight is 337 g/mol. The summed E-state index contributed by atoms with van der Waals surface area (Å²) in [5.74, 6) is 1.30. The molecule has 0 spiro atoms. The lowest BCUT2D eigenvalue weighted by Crippen LogP contribution is -2.01. The highest BCUT2D eigenvalue weighted by Crippen LogP contribution is 2.37. The zero-order valence-corrected chi connectivity index (χ0v) is 12.9. The second-order valence-corrected chi connectivity index (χ2v) is 5.12. The minimum absolute atomic E-state index is 0.0301. The first kappa shape index (κ1) is 14.9. The van der Waals surface area contributed by atoms with E-state index in [0.717, 1.165) is 15.6 Å². The molecule has 0 aliphatic rings. The minimum Gasteiger partial charge on any atom is -0.490 e. The molecule has 0 saturated carbocycles. The summed E-state index contributed by atoms with van der Waals surface area (Å²) >= 11 is 3.47. The van der Waals surface area contributed by atoms with Crippen molar-refractivity contribution in [3.63, 3.8) is 0 Å². The third kappa shape index (κ3) is 3.74. The molecule has 2 aromatic carbocycles. The van der Waals surface area contributed by atoms with Gasteiger partial charge in [0, 0.05) is 0 Å². The van der Waals surface area contributed by atoms with Gasteiger partial charge in [-0.15, -0.1) is 0 Å². The van der Waals surface area contributed by atoms with Gasteiger partial charge in [-0.25, -0.2) is 0 Å². The van der Waals surface area contributed by atoms with E-state index in [4.69, 9.17) is 9.47 Å². The number of aliphatic hydroxyl groups excluding tert-OH is 1. The Morgan fingerprint density at radius 3 is 2.45 bits per heavy atom. The molecule has 1 N–H and O–H groups in total. The Morgan fingerprint density at radius 2 is 1.80 bits per heavy atom. The van der Waals surface area contributed by atoms with Crippen molar-refractivity contribution in [3.05, 3.63) is 58.1 Å². The number of benzene rings is 2. The molecule has 0 unspecified atom stereocenters. The van der Waals surface area contributed by atoms with Crippen LogP contribution in [0.25, 0.3) is 0 Å². The topological polar surface area (TPSA) is 38.7 Å². The molecule has 0 fully saturated rings. The van der Waals surface area contributed by atoms with Crippen LogP contribution in [0, 0.1) is 0 Å². The highest BCUT2D eigenvalue weighted by Gasteiger charge is 2.12. The van der Waals surface area contributed by atoms with Gasteiger partial charge in [-0.3, -0.25) is 0 Å². The molecule has 0 radical (unpaired) electrons. The van der Waals surface area contributed by atoms with Gasteiger partial charge >= 0.3 is 0 Å². The zero-order valence-electron chi connectivity index (χ0n) is 11.3. The first-order valence-corrected chi connectivity index (χ1v) is 7.26. The second-order valence-electron chi connectivity index (χ2n) is 4.27. The maximum Gasteiger partial charge on any atom is 0.175 e. The van der Waals surface area contributed by atoms with E-state index >= 15 is 0 Å². The van der Waals surface area contributed by atoms with Gasteiger partial charge in [0.2, 0.25) is 0 Å². The molecule has 2 aromatic rings. The van der Waals surface area contributed by atoms with Crippen molar-refractivity contribution < 1.29 is 14.6 Å². The summed E-state index contributed by atoms with van der Waals surface area (Å²) in [6.45, 7) is 2.90. The van der Waals surface area contributed by atoms with E-state index in [1.165, 1.54) is 0 Å². The molecular formula is C16H17BrO3. The number of aliphatic hydroxyl groups is 1. The maximum absolute atomic E-state index is 9.24. The fourth-order valence-corrected chi connectivity index (χ4v) is 2.45. The van der Waals surface area contributed by atoms with Crippen LogP contribution in [0.1, 0.15) is 18.1 Å². The Morgan fingerprint density at radius 1 is 1.05 bits per heavy atom. The Bertz CT molecular complexity index is 555. The maximum atomic E-state index is 9.24. The average Bonchev–Trinajstić information content (AvgIpc) is 2.47. The molecule has 0 saturated heterocycles.